The summed E-state index contributed by atoms with van der Waals surface area (Å²) >= 11 is 0. The lowest BCUT2D eigenvalue weighted by Crippen LogP contribution is -2.61. The molecule has 6 heteroatoms. The highest BCUT2D eigenvalue weighted by molar-refractivity contribution is 4.98. The molecule has 2 aliphatic rings. The van der Waals surface area contributed by atoms with Gasteiger partial charge in [-0.05, 0) is 12.8 Å². The Morgan fingerprint density at radius 1 is 1.24 bits per heavy atom. The predicted molar refractivity (Wildman–Crippen MR) is 56.6 cm³/mol. The van der Waals surface area contributed by atoms with Crippen LogP contribution in [0.2, 0.25) is 0 Å². The van der Waals surface area contributed by atoms with E-state index >= 15 is 0 Å². The third-order valence-corrected chi connectivity index (χ3v) is 3.77. The summed E-state index contributed by atoms with van der Waals surface area (Å²) in [4.78, 5) is 1.48. The van der Waals surface area contributed by atoms with E-state index < -0.39 is 18.9 Å². The first-order valence-electron chi connectivity index (χ1n) is 6.07. The van der Waals surface area contributed by atoms with Crippen LogP contribution in [0.5, 0.6) is 0 Å². The molecule has 2 rings (SSSR count). The summed E-state index contributed by atoms with van der Waals surface area (Å²) in [6.07, 6.45) is 0.531. The molecule has 0 atom stereocenters. The average Bonchev–Trinajstić information content (AvgIpc) is 2.65. The summed E-state index contributed by atoms with van der Waals surface area (Å²) < 4.78 is 50.3. The Balaban J connectivity index is 1.93. The van der Waals surface area contributed by atoms with Crippen molar-refractivity contribution in [2.75, 3.05) is 26.2 Å². The maximum absolute atomic E-state index is 13.0. The Labute approximate surface area is 98.3 Å². The molecular formula is C11H18F4N2. The van der Waals surface area contributed by atoms with Gasteiger partial charge in [0, 0.05) is 25.2 Å². The standard InChI is InChI=1S/C11H18F4N2/c12-9(13)11(14,15)8-17-6-5-16-10(7-17)3-1-2-4-10/h9,16H,1-8H2. The fraction of sp³-hybridized carbons (Fsp3) is 1.00. The van der Waals surface area contributed by atoms with Crippen LogP contribution in [0.15, 0.2) is 0 Å². The van der Waals surface area contributed by atoms with E-state index in [4.69, 9.17) is 0 Å². The Morgan fingerprint density at radius 3 is 2.47 bits per heavy atom. The lowest BCUT2D eigenvalue weighted by molar-refractivity contribution is -0.145. The average molecular weight is 254 g/mol. The molecule has 0 amide bonds. The maximum Gasteiger partial charge on any atom is 0.319 e. The smallest absolute Gasteiger partial charge is 0.309 e. The van der Waals surface area contributed by atoms with E-state index in [1.165, 1.54) is 4.90 Å². The van der Waals surface area contributed by atoms with E-state index in [9.17, 15) is 17.6 Å². The van der Waals surface area contributed by atoms with Gasteiger partial charge in [0.1, 0.15) is 0 Å². The van der Waals surface area contributed by atoms with E-state index in [0.717, 1.165) is 25.7 Å². The van der Waals surface area contributed by atoms with Crippen molar-refractivity contribution in [2.45, 2.75) is 43.6 Å². The van der Waals surface area contributed by atoms with Crippen molar-refractivity contribution in [3.63, 3.8) is 0 Å². The summed E-state index contributed by atoms with van der Waals surface area (Å²) in [5.41, 5.74) is -0.101. The minimum Gasteiger partial charge on any atom is -0.309 e. The van der Waals surface area contributed by atoms with Gasteiger partial charge in [0.2, 0.25) is 0 Å². The molecule has 0 aromatic rings. The predicted octanol–water partition coefficient (Wildman–Crippen LogP) is 2.10. The van der Waals surface area contributed by atoms with Gasteiger partial charge in [-0.25, -0.2) is 8.78 Å². The van der Waals surface area contributed by atoms with Gasteiger partial charge in [-0.3, -0.25) is 4.90 Å². The minimum atomic E-state index is -3.89. The largest absolute Gasteiger partial charge is 0.319 e. The van der Waals surface area contributed by atoms with Crippen molar-refractivity contribution in [1.29, 1.82) is 0 Å². The Hall–Kier alpha value is -0.360. The zero-order valence-electron chi connectivity index (χ0n) is 9.69. The van der Waals surface area contributed by atoms with Gasteiger partial charge >= 0.3 is 12.3 Å². The second kappa shape index (κ2) is 4.72. The van der Waals surface area contributed by atoms with E-state index in [1.54, 1.807) is 0 Å². The van der Waals surface area contributed by atoms with Crippen LogP contribution in [0.1, 0.15) is 25.7 Å². The molecule has 1 aliphatic heterocycles. The topological polar surface area (TPSA) is 15.3 Å². The second-order valence-electron chi connectivity index (χ2n) is 5.19. The van der Waals surface area contributed by atoms with Gasteiger partial charge in [-0.15, -0.1) is 0 Å². The normalized spacial score (nSPS) is 25.9. The quantitative estimate of drug-likeness (QED) is 0.776. The highest BCUT2D eigenvalue weighted by Crippen LogP contribution is 2.33. The first kappa shape index (κ1) is 13.1. The molecule has 1 saturated carbocycles. The Bertz CT molecular complexity index is 262. The fourth-order valence-electron chi connectivity index (χ4n) is 2.93. The van der Waals surface area contributed by atoms with Crippen molar-refractivity contribution in [1.82, 2.24) is 10.2 Å². The molecule has 0 radical (unpaired) electrons. The molecule has 1 saturated heterocycles. The highest BCUT2D eigenvalue weighted by Gasteiger charge is 2.45. The van der Waals surface area contributed by atoms with Gasteiger partial charge in [0.25, 0.3) is 0 Å². The van der Waals surface area contributed by atoms with Crippen LogP contribution in [0.3, 0.4) is 0 Å². The summed E-state index contributed by atoms with van der Waals surface area (Å²) in [6, 6.07) is 0. The SMILES string of the molecule is FC(F)C(F)(F)CN1CCNC2(CCCC2)C1. The van der Waals surface area contributed by atoms with E-state index in [0.29, 0.717) is 19.6 Å². The lowest BCUT2D eigenvalue weighted by atomic mass is 9.94. The van der Waals surface area contributed by atoms with Crippen molar-refractivity contribution in [3.05, 3.63) is 0 Å². The monoisotopic (exact) mass is 254 g/mol. The van der Waals surface area contributed by atoms with E-state index in [2.05, 4.69) is 5.32 Å². The number of rotatable bonds is 3. The van der Waals surface area contributed by atoms with Crippen molar-refractivity contribution < 1.29 is 17.6 Å². The van der Waals surface area contributed by atoms with Crippen molar-refractivity contribution in [2.24, 2.45) is 0 Å². The third kappa shape index (κ3) is 2.91. The summed E-state index contributed by atoms with van der Waals surface area (Å²) in [5.74, 6) is -3.89. The molecule has 2 fully saturated rings. The fourth-order valence-corrected chi connectivity index (χ4v) is 2.93. The van der Waals surface area contributed by atoms with Crippen LogP contribution < -0.4 is 5.32 Å². The molecule has 0 bridgehead atoms. The number of nitrogens with one attached hydrogen (secondary N) is 1. The van der Waals surface area contributed by atoms with Crippen LogP contribution in [-0.2, 0) is 0 Å². The van der Waals surface area contributed by atoms with Gasteiger partial charge in [0.05, 0.1) is 6.54 Å². The lowest BCUT2D eigenvalue weighted by Gasteiger charge is -2.42. The minimum absolute atomic E-state index is 0.101. The summed E-state index contributed by atoms with van der Waals surface area (Å²) in [7, 11) is 0. The molecule has 0 aromatic carbocycles. The Morgan fingerprint density at radius 2 is 1.88 bits per heavy atom. The highest BCUT2D eigenvalue weighted by atomic mass is 19.3. The Kier molecular flexibility index (Phi) is 3.63. The molecule has 100 valence electrons. The zero-order chi connectivity index (χ0) is 12.5. The molecule has 0 aromatic heterocycles. The van der Waals surface area contributed by atoms with Crippen LogP contribution in [0, 0.1) is 0 Å². The maximum atomic E-state index is 13.0. The summed E-state index contributed by atoms with van der Waals surface area (Å²) in [6.45, 7) is 0.673. The van der Waals surface area contributed by atoms with Crippen LogP contribution in [0.25, 0.3) is 0 Å². The molecule has 1 heterocycles. The molecule has 17 heavy (non-hydrogen) atoms. The number of alkyl halides is 4. The number of hydrogen-bond acceptors (Lipinski definition) is 2. The summed E-state index contributed by atoms with van der Waals surface area (Å²) in [5, 5.41) is 3.37. The first-order chi connectivity index (χ1) is 7.94. The molecule has 1 aliphatic carbocycles. The first-order valence-corrected chi connectivity index (χ1v) is 6.07. The van der Waals surface area contributed by atoms with Crippen molar-refractivity contribution >= 4 is 0 Å². The number of piperazine rings is 1. The van der Waals surface area contributed by atoms with Crippen molar-refractivity contribution in [3.8, 4) is 0 Å². The molecule has 1 spiro atoms. The molecule has 0 unspecified atom stereocenters. The van der Waals surface area contributed by atoms with Gasteiger partial charge < -0.3 is 5.32 Å². The van der Waals surface area contributed by atoms with Gasteiger partial charge in [-0.2, -0.15) is 8.78 Å². The molecule has 2 nitrogen and oxygen atoms in total. The van der Waals surface area contributed by atoms with Gasteiger partial charge in [-0.1, -0.05) is 12.8 Å². The zero-order valence-corrected chi connectivity index (χ0v) is 9.69. The van der Waals surface area contributed by atoms with Crippen LogP contribution >= 0.6 is 0 Å². The van der Waals surface area contributed by atoms with Gasteiger partial charge in [0.15, 0.2) is 0 Å². The van der Waals surface area contributed by atoms with Crippen LogP contribution in [0.4, 0.5) is 17.6 Å². The van der Waals surface area contributed by atoms with Crippen LogP contribution in [-0.4, -0.2) is 49.0 Å². The number of nitrogens with zero attached hydrogens (tertiary/aromatic N) is 1. The number of halogens is 4. The molecule has 1 N–H and O–H groups in total. The van der Waals surface area contributed by atoms with E-state index in [-0.39, 0.29) is 5.54 Å². The molecular weight excluding hydrogens is 236 g/mol. The second-order valence-corrected chi connectivity index (χ2v) is 5.19. The number of hydrogen-bond donors (Lipinski definition) is 1. The third-order valence-electron chi connectivity index (χ3n) is 3.77. The van der Waals surface area contributed by atoms with E-state index in [1.807, 2.05) is 0 Å².